The van der Waals surface area contributed by atoms with Crippen LogP contribution >= 0.6 is 15.9 Å². The van der Waals surface area contributed by atoms with Crippen LogP contribution in [0.4, 0.5) is 0 Å². The topological polar surface area (TPSA) is 62.3 Å². The van der Waals surface area contributed by atoms with Gasteiger partial charge < -0.3 is 10.2 Å². The fourth-order valence-corrected chi connectivity index (χ4v) is 3.43. The molecule has 3 rings (SSSR count). The summed E-state index contributed by atoms with van der Waals surface area (Å²) >= 11 is 3.38. The molecule has 1 aliphatic heterocycles. The fourth-order valence-electron chi connectivity index (χ4n) is 3.17. The Morgan fingerprint density at radius 1 is 1.19 bits per heavy atom. The monoisotopic (exact) mass is 415 g/mol. The number of piperidine rings is 1. The number of benzene rings is 1. The van der Waals surface area contributed by atoms with E-state index in [0.717, 1.165) is 10.0 Å². The summed E-state index contributed by atoms with van der Waals surface area (Å²) in [6.07, 6.45) is 4.86. The molecule has 0 spiro atoms. The first-order chi connectivity index (χ1) is 12.5. The maximum Gasteiger partial charge on any atom is 0.253 e. The molecule has 0 saturated carbocycles. The van der Waals surface area contributed by atoms with Gasteiger partial charge in [0.1, 0.15) is 0 Å². The lowest BCUT2D eigenvalue weighted by Crippen LogP contribution is -2.43. The van der Waals surface area contributed by atoms with Crippen LogP contribution in [0.2, 0.25) is 0 Å². The number of carbonyl (C=O) groups excluding carboxylic acids is 2. The first-order valence-electron chi connectivity index (χ1n) is 8.79. The zero-order valence-corrected chi connectivity index (χ0v) is 16.3. The SMILES string of the molecule is CC(NC(=O)C1CCN(C(=O)c2ccc(Br)cc2)CC1)c1cccnc1. The molecule has 1 fully saturated rings. The molecule has 5 nitrogen and oxygen atoms in total. The van der Waals surface area contributed by atoms with E-state index in [9.17, 15) is 9.59 Å². The minimum Gasteiger partial charge on any atom is -0.349 e. The Labute approximate surface area is 161 Å². The van der Waals surface area contributed by atoms with E-state index in [2.05, 4.69) is 26.2 Å². The molecule has 1 saturated heterocycles. The lowest BCUT2D eigenvalue weighted by Gasteiger charge is -2.32. The van der Waals surface area contributed by atoms with Gasteiger partial charge in [-0.3, -0.25) is 14.6 Å². The van der Waals surface area contributed by atoms with Crippen molar-refractivity contribution in [3.63, 3.8) is 0 Å². The van der Waals surface area contributed by atoms with Gasteiger partial charge >= 0.3 is 0 Å². The van der Waals surface area contributed by atoms with Crippen LogP contribution in [-0.2, 0) is 4.79 Å². The summed E-state index contributed by atoms with van der Waals surface area (Å²) in [4.78, 5) is 31.0. The smallest absolute Gasteiger partial charge is 0.253 e. The Bertz CT molecular complexity index is 756. The number of hydrogen-bond acceptors (Lipinski definition) is 3. The van der Waals surface area contributed by atoms with Crippen LogP contribution in [0.3, 0.4) is 0 Å². The number of hydrogen-bond donors (Lipinski definition) is 1. The Kier molecular flexibility index (Phi) is 6.04. The van der Waals surface area contributed by atoms with E-state index in [1.165, 1.54) is 0 Å². The predicted molar refractivity (Wildman–Crippen MR) is 104 cm³/mol. The van der Waals surface area contributed by atoms with E-state index >= 15 is 0 Å². The van der Waals surface area contributed by atoms with Gasteiger partial charge in [0.15, 0.2) is 0 Å². The second-order valence-corrected chi connectivity index (χ2v) is 7.51. The molecule has 136 valence electrons. The Morgan fingerprint density at radius 3 is 2.50 bits per heavy atom. The number of likely N-dealkylation sites (tertiary alicyclic amines) is 1. The Morgan fingerprint density at radius 2 is 1.88 bits per heavy atom. The van der Waals surface area contributed by atoms with Gasteiger partial charge in [0, 0.05) is 41.4 Å². The number of rotatable bonds is 4. The molecule has 2 amide bonds. The molecule has 0 radical (unpaired) electrons. The molecule has 0 bridgehead atoms. The highest BCUT2D eigenvalue weighted by atomic mass is 79.9. The third-order valence-corrected chi connectivity index (χ3v) is 5.32. The van der Waals surface area contributed by atoms with Crippen molar-refractivity contribution in [1.82, 2.24) is 15.2 Å². The van der Waals surface area contributed by atoms with Crippen molar-refractivity contribution in [2.75, 3.05) is 13.1 Å². The van der Waals surface area contributed by atoms with Gasteiger partial charge in [-0.25, -0.2) is 0 Å². The average molecular weight is 416 g/mol. The summed E-state index contributed by atoms with van der Waals surface area (Å²) in [5.74, 6) is 0.0280. The second kappa shape index (κ2) is 8.45. The van der Waals surface area contributed by atoms with Gasteiger partial charge in [0.25, 0.3) is 5.91 Å². The summed E-state index contributed by atoms with van der Waals surface area (Å²) in [7, 11) is 0. The number of carbonyl (C=O) groups is 2. The zero-order valence-electron chi connectivity index (χ0n) is 14.7. The van der Waals surface area contributed by atoms with Crippen LogP contribution in [-0.4, -0.2) is 34.8 Å². The first kappa shape index (κ1) is 18.6. The molecular weight excluding hydrogens is 394 g/mol. The number of halogens is 1. The second-order valence-electron chi connectivity index (χ2n) is 6.59. The number of aromatic nitrogens is 1. The van der Waals surface area contributed by atoms with Gasteiger partial charge in [-0.1, -0.05) is 22.0 Å². The highest BCUT2D eigenvalue weighted by Crippen LogP contribution is 2.21. The third kappa shape index (κ3) is 4.49. The molecule has 1 N–H and O–H groups in total. The molecule has 1 aromatic heterocycles. The molecule has 6 heteroatoms. The highest BCUT2D eigenvalue weighted by molar-refractivity contribution is 9.10. The van der Waals surface area contributed by atoms with E-state index in [1.54, 1.807) is 12.4 Å². The normalized spacial score (nSPS) is 16.2. The highest BCUT2D eigenvalue weighted by Gasteiger charge is 2.28. The zero-order chi connectivity index (χ0) is 18.5. The van der Waals surface area contributed by atoms with Crippen molar-refractivity contribution in [2.45, 2.75) is 25.8 Å². The lowest BCUT2D eigenvalue weighted by molar-refractivity contribution is -0.127. The quantitative estimate of drug-likeness (QED) is 0.829. The molecule has 2 aromatic rings. The Balaban J connectivity index is 1.52. The van der Waals surface area contributed by atoms with Crippen molar-refractivity contribution in [3.05, 3.63) is 64.4 Å². The Hall–Kier alpha value is -2.21. The van der Waals surface area contributed by atoms with Crippen LogP contribution in [0.5, 0.6) is 0 Å². The third-order valence-electron chi connectivity index (χ3n) is 4.79. The first-order valence-corrected chi connectivity index (χ1v) is 9.59. The molecule has 1 aliphatic rings. The number of nitrogens with one attached hydrogen (secondary N) is 1. The standard InChI is InChI=1S/C20H22BrN3O2/c1-14(17-3-2-10-22-13-17)23-19(25)15-8-11-24(12-9-15)20(26)16-4-6-18(21)7-5-16/h2-7,10,13-15H,8-9,11-12H2,1H3,(H,23,25). The lowest BCUT2D eigenvalue weighted by atomic mass is 9.94. The van der Waals surface area contributed by atoms with Crippen LogP contribution in [0.1, 0.15) is 41.7 Å². The van der Waals surface area contributed by atoms with Crippen LogP contribution < -0.4 is 5.32 Å². The number of pyridine rings is 1. The molecule has 1 atom stereocenters. The molecule has 0 aliphatic carbocycles. The van der Waals surface area contributed by atoms with Crippen molar-refractivity contribution >= 4 is 27.7 Å². The predicted octanol–water partition coefficient (Wildman–Crippen LogP) is 3.57. The summed E-state index contributed by atoms with van der Waals surface area (Å²) in [6, 6.07) is 11.1. The minimum absolute atomic E-state index is 0.0279. The van der Waals surface area contributed by atoms with Gasteiger partial charge in [-0.2, -0.15) is 0 Å². The van der Waals surface area contributed by atoms with Crippen molar-refractivity contribution in [3.8, 4) is 0 Å². The maximum absolute atomic E-state index is 12.6. The van der Waals surface area contributed by atoms with Crippen molar-refractivity contribution in [2.24, 2.45) is 5.92 Å². The molecule has 26 heavy (non-hydrogen) atoms. The van der Waals surface area contributed by atoms with E-state index in [-0.39, 0.29) is 23.8 Å². The van der Waals surface area contributed by atoms with Crippen molar-refractivity contribution < 1.29 is 9.59 Å². The van der Waals surface area contributed by atoms with Crippen LogP contribution in [0.15, 0.2) is 53.3 Å². The van der Waals surface area contributed by atoms with Gasteiger partial charge in [-0.15, -0.1) is 0 Å². The van der Waals surface area contributed by atoms with E-state index in [1.807, 2.05) is 48.2 Å². The number of amides is 2. The van der Waals surface area contributed by atoms with Crippen LogP contribution in [0, 0.1) is 5.92 Å². The van der Waals surface area contributed by atoms with E-state index < -0.39 is 0 Å². The summed E-state index contributed by atoms with van der Waals surface area (Å²) in [5, 5.41) is 3.06. The maximum atomic E-state index is 12.6. The molecular formula is C20H22BrN3O2. The van der Waals surface area contributed by atoms with Crippen LogP contribution in [0.25, 0.3) is 0 Å². The van der Waals surface area contributed by atoms with Gasteiger partial charge in [0.2, 0.25) is 5.91 Å². The van der Waals surface area contributed by atoms with Gasteiger partial charge in [0.05, 0.1) is 6.04 Å². The summed E-state index contributed by atoms with van der Waals surface area (Å²) in [6.45, 7) is 3.17. The minimum atomic E-state index is -0.0707. The van der Waals surface area contributed by atoms with Gasteiger partial charge in [-0.05, 0) is 55.7 Å². The van der Waals surface area contributed by atoms with Crippen molar-refractivity contribution in [1.29, 1.82) is 0 Å². The fraction of sp³-hybridized carbons (Fsp3) is 0.350. The van der Waals surface area contributed by atoms with E-state index in [0.29, 0.717) is 31.5 Å². The summed E-state index contributed by atoms with van der Waals surface area (Å²) < 4.78 is 0.951. The molecule has 1 aromatic carbocycles. The molecule has 1 unspecified atom stereocenters. The molecule has 2 heterocycles. The van der Waals surface area contributed by atoms with E-state index in [4.69, 9.17) is 0 Å². The number of nitrogens with zero attached hydrogens (tertiary/aromatic N) is 2. The average Bonchev–Trinajstić information content (AvgIpc) is 2.69. The summed E-state index contributed by atoms with van der Waals surface area (Å²) in [5.41, 5.74) is 1.67. The largest absolute Gasteiger partial charge is 0.349 e.